The molecule has 0 saturated carbocycles. The first-order valence-corrected chi connectivity index (χ1v) is 6.93. The third kappa shape index (κ3) is 4.54. The lowest BCUT2D eigenvalue weighted by atomic mass is 9.90. The Morgan fingerprint density at radius 1 is 1.35 bits per heavy atom. The van der Waals surface area contributed by atoms with Gasteiger partial charge in [-0.2, -0.15) is 0 Å². The van der Waals surface area contributed by atoms with Crippen LogP contribution in [0.3, 0.4) is 0 Å². The summed E-state index contributed by atoms with van der Waals surface area (Å²) in [6.07, 6.45) is 4.29. The van der Waals surface area contributed by atoms with Crippen molar-refractivity contribution in [1.82, 2.24) is 10.2 Å². The fourth-order valence-corrected chi connectivity index (χ4v) is 2.62. The molecule has 102 valence electrons. The molecule has 1 rings (SSSR count). The van der Waals surface area contributed by atoms with Gasteiger partial charge >= 0.3 is 0 Å². The smallest absolute Gasteiger partial charge is 0.0443 e. The summed E-state index contributed by atoms with van der Waals surface area (Å²) in [5.41, 5.74) is 6.06. The maximum absolute atomic E-state index is 8.84. The molecule has 0 spiro atoms. The van der Waals surface area contributed by atoms with Crippen molar-refractivity contribution in [3.8, 4) is 0 Å². The van der Waals surface area contributed by atoms with Crippen LogP contribution in [0.4, 0.5) is 0 Å². The van der Waals surface area contributed by atoms with Crippen molar-refractivity contribution in [2.45, 2.75) is 51.1 Å². The number of rotatable bonds is 6. The van der Waals surface area contributed by atoms with Crippen LogP contribution in [-0.4, -0.2) is 54.4 Å². The average Bonchev–Trinajstić information content (AvgIpc) is 2.53. The number of hydrogen-bond acceptors (Lipinski definition) is 4. The maximum atomic E-state index is 8.84. The molecule has 0 aromatic heterocycles. The monoisotopic (exact) mass is 243 g/mol. The Bertz CT molecular complexity index is 211. The third-order valence-electron chi connectivity index (χ3n) is 3.93. The number of nitrogens with two attached hydrogens (primary N) is 1. The average molecular weight is 243 g/mol. The van der Waals surface area contributed by atoms with Crippen molar-refractivity contribution in [2.24, 2.45) is 5.73 Å². The van der Waals surface area contributed by atoms with Crippen molar-refractivity contribution in [3.63, 3.8) is 0 Å². The molecule has 17 heavy (non-hydrogen) atoms. The van der Waals surface area contributed by atoms with Gasteiger partial charge in [-0.3, -0.25) is 0 Å². The van der Waals surface area contributed by atoms with Crippen LogP contribution in [0.5, 0.6) is 0 Å². The molecule has 1 saturated heterocycles. The quantitative estimate of drug-likeness (QED) is 0.596. The highest BCUT2D eigenvalue weighted by Gasteiger charge is 2.30. The highest BCUT2D eigenvalue weighted by molar-refractivity contribution is 4.92. The Kier molecular flexibility index (Phi) is 6.41. The van der Waals surface area contributed by atoms with Crippen LogP contribution in [0.2, 0.25) is 0 Å². The predicted molar refractivity (Wildman–Crippen MR) is 72.1 cm³/mol. The van der Waals surface area contributed by atoms with Crippen LogP contribution < -0.4 is 11.1 Å². The molecule has 1 unspecified atom stereocenters. The van der Waals surface area contributed by atoms with Gasteiger partial charge in [0, 0.05) is 31.3 Å². The second kappa shape index (κ2) is 7.31. The highest BCUT2D eigenvalue weighted by atomic mass is 16.3. The number of nitrogens with zero attached hydrogens (tertiary/aromatic N) is 1. The minimum Gasteiger partial charge on any atom is -0.396 e. The minimum absolute atomic E-state index is 0.0960. The van der Waals surface area contributed by atoms with Gasteiger partial charge in [0.05, 0.1) is 0 Å². The molecule has 0 amide bonds. The molecule has 0 bridgehead atoms. The summed E-state index contributed by atoms with van der Waals surface area (Å²) >= 11 is 0. The summed E-state index contributed by atoms with van der Waals surface area (Å²) in [4.78, 5) is 2.53. The molecule has 1 aliphatic heterocycles. The van der Waals surface area contributed by atoms with Gasteiger partial charge < -0.3 is 21.1 Å². The molecule has 1 fully saturated rings. The van der Waals surface area contributed by atoms with Gasteiger partial charge in [0.25, 0.3) is 0 Å². The van der Waals surface area contributed by atoms with Gasteiger partial charge in [-0.05, 0) is 52.6 Å². The summed E-state index contributed by atoms with van der Waals surface area (Å²) in [6, 6.07) is 0.626. The van der Waals surface area contributed by atoms with E-state index < -0.39 is 0 Å². The predicted octanol–water partition coefficient (Wildman–Crippen LogP) is 0.550. The zero-order valence-electron chi connectivity index (χ0n) is 11.4. The highest BCUT2D eigenvalue weighted by Crippen LogP contribution is 2.22. The van der Waals surface area contributed by atoms with Crippen molar-refractivity contribution in [2.75, 3.05) is 32.8 Å². The second-order valence-electron chi connectivity index (χ2n) is 5.47. The van der Waals surface area contributed by atoms with Crippen molar-refractivity contribution >= 4 is 0 Å². The molecular formula is C13H29N3O. The Morgan fingerprint density at radius 2 is 2.12 bits per heavy atom. The number of nitrogens with one attached hydrogen (secondary N) is 1. The normalized spacial score (nSPS) is 27.4. The van der Waals surface area contributed by atoms with Gasteiger partial charge in [-0.1, -0.05) is 0 Å². The van der Waals surface area contributed by atoms with Crippen molar-refractivity contribution in [3.05, 3.63) is 0 Å². The summed E-state index contributed by atoms with van der Waals surface area (Å²) in [5.74, 6) is 0. The van der Waals surface area contributed by atoms with E-state index in [1.807, 2.05) is 0 Å². The van der Waals surface area contributed by atoms with Crippen LogP contribution in [0.25, 0.3) is 0 Å². The third-order valence-corrected chi connectivity index (χ3v) is 3.93. The van der Waals surface area contributed by atoms with E-state index in [2.05, 4.69) is 24.1 Å². The zero-order chi connectivity index (χ0) is 12.7. The Balaban J connectivity index is 2.49. The molecule has 0 aromatic rings. The molecule has 0 aliphatic carbocycles. The first kappa shape index (κ1) is 14.9. The van der Waals surface area contributed by atoms with E-state index >= 15 is 0 Å². The fourth-order valence-electron chi connectivity index (χ4n) is 2.62. The lowest BCUT2D eigenvalue weighted by Crippen LogP contribution is -2.52. The van der Waals surface area contributed by atoms with Gasteiger partial charge in [0.15, 0.2) is 0 Å². The van der Waals surface area contributed by atoms with Crippen LogP contribution in [-0.2, 0) is 0 Å². The second-order valence-corrected chi connectivity index (χ2v) is 5.47. The number of aliphatic hydroxyl groups excluding tert-OH is 1. The Hall–Kier alpha value is -0.160. The number of aliphatic hydroxyl groups is 1. The van der Waals surface area contributed by atoms with E-state index in [1.54, 1.807) is 0 Å². The molecule has 4 heteroatoms. The van der Waals surface area contributed by atoms with E-state index in [4.69, 9.17) is 10.8 Å². The first-order valence-electron chi connectivity index (χ1n) is 6.93. The Labute approximate surface area is 106 Å². The van der Waals surface area contributed by atoms with Crippen molar-refractivity contribution in [1.29, 1.82) is 0 Å². The molecule has 4 N–H and O–H groups in total. The molecule has 0 aromatic carbocycles. The van der Waals surface area contributed by atoms with E-state index in [0.717, 1.165) is 32.4 Å². The van der Waals surface area contributed by atoms with Crippen LogP contribution in [0.1, 0.15) is 39.5 Å². The van der Waals surface area contributed by atoms with Gasteiger partial charge in [0.1, 0.15) is 0 Å². The summed E-state index contributed by atoms with van der Waals surface area (Å²) in [5, 5.41) is 12.4. The van der Waals surface area contributed by atoms with Crippen LogP contribution in [0, 0.1) is 0 Å². The largest absolute Gasteiger partial charge is 0.396 e. The van der Waals surface area contributed by atoms with Crippen LogP contribution in [0.15, 0.2) is 0 Å². The summed E-state index contributed by atoms with van der Waals surface area (Å²) < 4.78 is 0. The minimum atomic E-state index is 0.0960. The maximum Gasteiger partial charge on any atom is 0.0443 e. The topological polar surface area (TPSA) is 61.5 Å². The van der Waals surface area contributed by atoms with Gasteiger partial charge in [0.2, 0.25) is 0 Å². The number of likely N-dealkylation sites (tertiary alicyclic amines) is 1. The molecule has 1 atom stereocenters. The van der Waals surface area contributed by atoms with Crippen LogP contribution >= 0.6 is 0 Å². The lowest BCUT2D eigenvalue weighted by Gasteiger charge is -2.33. The van der Waals surface area contributed by atoms with Gasteiger partial charge in [-0.15, -0.1) is 0 Å². The molecule has 4 nitrogen and oxygen atoms in total. The van der Waals surface area contributed by atoms with E-state index in [9.17, 15) is 0 Å². The van der Waals surface area contributed by atoms with E-state index in [1.165, 1.54) is 13.0 Å². The van der Waals surface area contributed by atoms with E-state index in [-0.39, 0.29) is 12.1 Å². The Morgan fingerprint density at radius 3 is 2.71 bits per heavy atom. The molecule has 1 heterocycles. The first-order chi connectivity index (χ1) is 8.13. The molecular weight excluding hydrogens is 214 g/mol. The van der Waals surface area contributed by atoms with E-state index in [0.29, 0.717) is 12.6 Å². The molecule has 1 aliphatic rings. The number of hydrogen-bond donors (Lipinski definition) is 3. The fraction of sp³-hybridized carbons (Fsp3) is 1.00. The van der Waals surface area contributed by atoms with Gasteiger partial charge in [-0.25, -0.2) is 0 Å². The molecule has 0 radical (unpaired) electrons. The summed E-state index contributed by atoms with van der Waals surface area (Å²) in [6.45, 7) is 8.65. The summed E-state index contributed by atoms with van der Waals surface area (Å²) in [7, 11) is 0. The lowest BCUT2D eigenvalue weighted by molar-refractivity contribution is 0.215. The SMILES string of the molecule is CC(C)N1CCCC(CN)(NCCCO)CC1. The standard InChI is InChI=1S/C13H29N3O/c1-12(2)16-8-3-5-13(11-14,6-9-16)15-7-4-10-17/h12,15,17H,3-11,14H2,1-2H3. The zero-order valence-corrected chi connectivity index (χ0v) is 11.4. The van der Waals surface area contributed by atoms with Crippen molar-refractivity contribution < 1.29 is 5.11 Å².